The predicted molar refractivity (Wildman–Crippen MR) is 120 cm³/mol. The Morgan fingerprint density at radius 2 is 1.94 bits per heavy atom. The van der Waals surface area contributed by atoms with Crippen molar-refractivity contribution in [1.29, 1.82) is 5.26 Å². The molecule has 170 valence electrons. The standard InChI is InChI=1S/C23H23N5O4S/c1-15-22(16(2)32-26-15)33(30,31)27-20-9-12-28(13-10-20)23(29)18-7-5-17(6-8-18)21-19(14-24)4-3-11-25-21/h3-8,11,20H,9-10,12-13H2,1-2H3,(H-,27,30,31). The van der Waals surface area contributed by atoms with Gasteiger partial charge in [0.25, 0.3) is 5.91 Å². The normalized spacial score (nSPS) is 16.2. The number of amides is 1. The van der Waals surface area contributed by atoms with Gasteiger partial charge in [-0.25, -0.2) is 0 Å². The highest BCUT2D eigenvalue weighted by Gasteiger charge is 2.34. The third-order valence-electron chi connectivity index (χ3n) is 5.67. The number of hydrogen-bond donors (Lipinski definition) is 1. The fourth-order valence-electron chi connectivity index (χ4n) is 4.02. The summed E-state index contributed by atoms with van der Waals surface area (Å²) in [6, 6.07) is 12.3. The number of aromatic nitrogens is 2. The van der Waals surface area contributed by atoms with E-state index < -0.39 is 10.4 Å². The van der Waals surface area contributed by atoms with E-state index in [1.165, 1.54) is 0 Å². The maximum atomic E-state index is 12.9. The van der Waals surface area contributed by atoms with Gasteiger partial charge < -0.3 is 14.0 Å². The highest BCUT2D eigenvalue weighted by Crippen LogP contribution is 2.25. The Morgan fingerprint density at radius 1 is 1.24 bits per heavy atom. The average Bonchev–Trinajstić information content (AvgIpc) is 3.17. The Labute approximate surface area is 192 Å². The zero-order chi connectivity index (χ0) is 23.6. The molecule has 1 atom stereocenters. The second kappa shape index (κ2) is 9.23. The van der Waals surface area contributed by atoms with Crippen LogP contribution in [0.15, 0.2) is 52.0 Å². The number of rotatable bonds is 5. The Hall–Kier alpha value is -3.39. The fourth-order valence-corrected chi connectivity index (χ4v) is 5.65. The molecule has 1 aliphatic rings. The van der Waals surface area contributed by atoms with Crippen LogP contribution >= 0.6 is 0 Å². The molecule has 3 aromatic rings. The van der Waals surface area contributed by atoms with Crippen LogP contribution in [-0.2, 0) is 14.6 Å². The average molecular weight is 466 g/mol. The fraction of sp³-hybridized carbons (Fsp3) is 0.304. The number of pyridine rings is 1. The molecule has 33 heavy (non-hydrogen) atoms. The summed E-state index contributed by atoms with van der Waals surface area (Å²) in [7, 11) is -3.74. The number of nitriles is 1. The smallest absolute Gasteiger partial charge is 0.253 e. The molecular formula is C23H23N5O4S. The first kappa shape index (κ1) is 22.8. The van der Waals surface area contributed by atoms with E-state index in [9.17, 15) is 18.8 Å². The van der Waals surface area contributed by atoms with Crippen molar-refractivity contribution in [2.24, 2.45) is 0 Å². The molecule has 10 heteroatoms. The molecule has 1 N–H and O–H groups in total. The molecule has 1 unspecified atom stereocenters. The van der Waals surface area contributed by atoms with E-state index in [0.29, 0.717) is 48.4 Å². The van der Waals surface area contributed by atoms with Crippen molar-refractivity contribution in [1.82, 2.24) is 19.8 Å². The SMILES string of the molecule is Cc1noc(C)c1[S+](=O)([O-])NC1CCN(C(=O)c2ccc(-c3ncccc3C#N)cc2)CC1. The van der Waals surface area contributed by atoms with Crippen molar-refractivity contribution in [2.75, 3.05) is 13.1 Å². The minimum absolute atomic E-state index is 0.0774. The molecule has 0 aliphatic carbocycles. The lowest BCUT2D eigenvalue weighted by Gasteiger charge is -2.32. The molecule has 1 aromatic carbocycles. The third-order valence-corrected chi connectivity index (χ3v) is 7.44. The van der Waals surface area contributed by atoms with E-state index in [1.807, 2.05) is 0 Å². The maximum absolute atomic E-state index is 12.9. The zero-order valence-corrected chi connectivity index (χ0v) is 19.1. The van der Waals surface area contributed by atoms with Gasteiger partial charge in [-0.2, -0.15) is 5.26 Å². The summed E-state index contributed by atoms with van der Waals surface area (Å²) < 4.78 is 33.1. The van der Waals surface area contributed by atoms with Crippen LogP contribution in [0.5, 0.6) is 0 Å². The first-order valence-electron chi connectivity index (χ1n) is 10.5. The number of aryl methyl sites for hydroxylation is 2. The number of sulfonamides is 1. The van der Waals surface area contributed by atoms with Gasteiger partial charge in [0.05, 0.1) is 17.3 Å². The predicted octanol–water partition coefficient (Wildman–Crippen LogP) is 3.02. The minimum atomic E-state index is -3.74. The van der Waals surface area contributed by atoms with Gasteiger partial charge in [-0.3, -0.25) is 9.78 Å². The summed E-state index contributed by atoms with van der Waals surface area (Å²) >= 11 is 0. The van der Waals surface area contributed by atoms with Gasteiger partial charge in [-0.15, -0.1) is 4.72 Å². The van der Waals surface area contributed by atoms with Gasteiger partial charge in [-0.05, 0) is 44.0 Å². The summed E-state index contributed by atoms with van der Waals surface area (Å²) in [6.07, 6.45) is 2.64. The van der Waals surface area contributed by atoms with Crippen LogP contribution in [0.1, 0.15) is 40.2 Å². The highest BCUT2D eigenvalue weighted by molar-refractivity contribution is 7.95. The van der Waals surface area contributed by atoms with E-state index in [-0.39, 0.29) is 22.6 Å². The largest absolute Gasteiger partial charge is 0.593 e. The monoisotopic (exact) mass is 465 g/mol. The van der Waals surface area contributed by atoms with Crippen LogP contribution in [0.3, 0.4) is 0 Å². The third kappa shape index (κ3) is 4.71. The molecule has 0 saturated carbocycles. The quantitative estimate of drug-likeness (QED) is 0.572. The summed E-state index contributed by atoms with van der Waals surface area (Å²) in [4.78, 5) is 19.0. The molecule has 4 rings (SSSR count). The maximum Gasteiger partial charge on any atom is 0.253 e. The molecule has 3 heterocycles. The summed E-state index contributed by atoms with van der Waals surface area (Å²) in [6.45, 7) is 4.03. The van der Waals surface area contributed by atoms with Crippen LogP contribution in [0.2, 0.25) is 0 Å². The van der Waals surface area contributed by atoms with E-state index in [2.05, 4.69) is 20.9 Å². The Kier molecular flexibility index (Phi) is 6.37. The Bertz CT molecular complexity index is 1240. The van der Waals surface area contributed by atoms with Crippen LogP contribution in [0.4, 0.5) is 0 Å². The first-order chi connectivity index (χ1) is 15.8. The zero-order valence-electron chi connectivity index (χ0n) is 18.3. The van der Waals surface area contributed by atoms with E-state index >= 15 is 0 Å². The molecule has 1 amide bonds. The summed E-state index contributed by atoms with van der Waals surface area (Å²) in [5.74, 6) is 0.138. The summed E-state index contributed by atoms with van der Waals surface area (Å²) in [5.41, 5.74) is 2.66. The molecule has 0 radical (unpaired) electrons. The van der Waals surface area contributed by atoms with Crippen LogP contribution in [-0.4, -0.2) is 44.6 Å². The highest BCUT2D eigenvalue weighted by atomic mass is 32.3. The lowest BCUT2D eigenvalue weighted by molar-refractivity contribution is 0.0711. The number of nitrogens with zero attached hydrogens (tertiary/aromatic N) is 4. The number of carbonyl (C=O) groups is 1. The topological polar surface area (TPSA) is 135 Å². The lowest BCUT2D eigenvalue weighted by atomic mass is 10.0. The minimum Gasteiger partial charge on any atom is -0.593 e. The molecular weight excluding hydrogens is 442 g/mol. The number of nitrogens with one attached hydrogen (secondary N) is 1. The Morgan fingerprint density at radius 3 is 2.55 bits per heavy atom. The van der Waals surface area contributed by atoms with Crippen molar-refractivity contribution in [3.05, 3.63) is 65.2 Å². The van der Waals surface area contributed by atoms with Gasteiger partial charge >= 0.3 is 0 Å². The molecule has 1 fully saturated rings. The van der Waals surface area contributed by atoms with Gasteiger partial charge in [0.15, 0.2) is 16.2 Å². The number of likely N-dealkylation sites (tertiary alicyclic amines) is 1. The van der Waals surface area contributed by atoms with Crippen molar-refractivity contribution in [2.45, 2.75) is 37.6 Å². The number of piperidine rings is 1. The molecule has 0 bridgehead atoms. The molecule has 1 aliphatic heterocycles. The van der Waals surface area contributed by atoms with Gasteiger partial charge in [-0.1, -0.05) is 21.5 Å². The summed E-state index contributed by atoms with van der Waals surface area (Å²) in [5, 5.41) is 13.0. The van der Waals surface area contributed by atoms with Crippen LogP contribution in [0, 0.1) is 25.2 Å². The van der Waals surface area contributed by atoms with Crippen molar-refractivity contribution in [3.63, 3.8) is 0 Å². The van der Waals surface area contributed by atoms with Crippen molar-refractivity contribution < 1.29 is 18.1 Å². The second-order valence-corrected chi connectivity index (χ2v) is 9.58. The molecule has 1 saturated heterocycles. The first-order valence-corrected chi connectivity index (χ1v) is 12.0. The van der Waals surface area contributed by atoms with Gasteiger partial charge in [0, 0.05) is 37.3 Å². The lowest BCUT2D eigenvalue weighted by Crippen LogP contribution is -2.48. The van der Waals surface area contributed by atoms with E-state index in [4.69, 9.17) is 4.52 Å². The van der Waals surface area contributed by atoms with E-state index in [1.54, 1.807) is 61.3 Å². The van der Waals surface area contributed by atoms with Crippen LogP contribution < -0.4 is 4.72 Å². The van der Waals surface area contributed by atoms with Crippen molar-refractivity contribution >= 4 is 16.3 Å². The van der Waals surface area contributed by atoms with E-state index in [0.717, 1.165) is 5.56 Å². The van der Waals surface area contributed by atoms with Gasteiger partial charge in [0.1, 0.15) is 11.8 Å². The van der Waals surface area contributed by atoms with Crippen LogP contribution in [0.25, 0.3) is 11.3 Å². The molecule has 0 spiro atoms. The Balaban J connectivity index is 1.39. The second-order valence-electron chi connectivity index (χ2n) is 7.93. The van der Waals surface area contributed by atoms with Crippen molar-refractivity contribution in [3.8, 4) is 17.3 Å². The number of benzene rings is 1. The van der Waals surface area contributed by atoms with Gasteiger partial charge in [0.2, 0.25) is 4.90 Å². The number of carbonyl (C=O) groups excluding carboxylic acids is 1. The number of hydrogen-bond acceptors (Lipinski definition) is 7. The molecule has 9 nitrogen and oxygen atoms in total. The molecule has 2 aromatic heterocycles.